The van der Waals surface area contributed by atoms with E-state index in [4.69, 9.17) is 0 Å². The Labute approximate surface area is 93.3 Å². The molecule has 1 fully saturated rings. The van der Waals surface area contributed by atoms with Crippen LogP contribution < -0.4 is 5.32 Å². The third-order valence-corrected chi connectivity index (χ3v) is 2.85. The lowest BCUT2D eigenvalue weighted by atomic mass is 10.2. The highest BCUT2D eigenvalue weighted by molar-refractivity contribution is 5.18. The number of hydrogen-bond acceptors (Lipinski definition) is 2. The Morgan fingerprint density at radius 2 is 2.12 bits per heavy atom. The summed E-state index contributed by atoms with van der Waals surface area (Å²) >= 11 is 0. The summed E-state index contributed by atoms with van der Waals surface area (Å²) in [4.78, 5) is 0. The van der Waals surface area contributed by atoms with Crippen LogP contribution in [0.1, 0.15) is 18.4 Å². The van der Waals surface area contributed by atoms with Crippen molar-refractivity contribution in [2.75, 3.05) is 6.54 Å². The Hall–Kier alpha value is -1.00. The fourth-order valence-electron chi connectivity index (χ4n) is 1.67. The van der Waals surface area contributed by atoms with E-state index in [9.17, 15) is 13.9 Å². The number of aliphatic hydroxyl groups excluding tert-OH is 1. The summed E-state index contributed by atoms with van der Waals surface area (Å²) < 4.78 is 25.8. The Kier molecular flexibility index (Phi) is 3.51. The van der Waals surface area contributed by atoms with E-state index in [0.29, 0.717) is 24.6 Å². The first kappa shape index (κ1) is 11.5. The van der Waals surface area contributed by atoms with Crippen molar-refractivity contribution in [1.29, 1.82) is 0 Å². The standard InChI is InChI=1S/C12H15F2NO/c13-10-4-3-9(11(14)5-10)6-15-7-12(16)8-1-2-8/h3-5,8,12,15-16H,1-2,6-7H2. The minimum atomic E-state index is -0.570. The van der Waals surface area contributed by atoms with Crippen LogP contribution in [0.5, 0.6) is 0 Å². The number of nitrogens with one attached hydrogen (secondary N) is 1. The Bertz CT molecular complexity index is 366. The molecule has 0 saturated heterocycles. The smallest absolute Gasteiger partial charge is 0.130 e. The minimum Gasteiger partial charge on any atom is -0.392 e. The van der Waals surface area contributed by atoms with Crippen LogP contribution in [0.4, 0.5) is 8.78 Å². The second-order valence-corrected chi connectivity index (χ2v) is 4.27. The van der Waals surface area contributed by atoms with Gasteiger partial charge < -0.3 is 10.4 Å². The van der Waals surface area contributed by atoms with Crippen molar-refractivity contribution in [3.8, 4) is 0 Å². The molecular weight excluding hydrogens is 212 g/mol. The topological polar surface area (TPSA) is 32.3 Å². The molecule has 0 radical (unpaired) electrons. The van der Waals surface area contributed by atoms with Crippen LogP contribution >= 0.6 is 0 Å². The fraction of sp³-hybridized carbons (Fsp3) is 0.500. The van der Waals surface area contributed by atoms with Crippen LogP contribution in [0.2, 0.25) is 0 Å². The molecule has 1 aliphatic rings. The van der Waals surface area contributed by atoms with Crippen molar-refractivity contribution in [2.24, 2.45) is 5.92 Å². The van der Waals surface area contributed by atoms with Crippen molar-refractivity contribution in [2.45, 2.75) is 25.5 Å². The van der Waals surface area contributed by atoms with Crippen LogP contribution in [-0.4, -0.2) is 17.8 Å². The molecule has 1 saturated carbocycles. The normalized spacial score (nSPS) is 17.4. The maximum Gasteiger partial charge on any atom is 0.130 e. The van der Waals surface area contributed by atoms with Crippen molar-refractivity contribution in [3.63, 3.8) is 0 Å². The highest BCUT2D eigenvalue weighted by atomic mass is 19.1. The van der Waals surface area contributed by atoms with Crippen LogP contribution in [0.3, 0.4) is 0 Å². The fourth-order valence-corrected chi connectivity index (χ4v) is 1.67. The molecule has 0 amide bonds. The third-order valence-electron chi connectivity index (χ3n) is 2.85. The largest absolute Gasteiger partial charge is 0.392 e. The molecule has 0 heterocycles. The van der Waals surface area contributed by atoms with Gasteiger partial charge in [0, 0.05) is 24.7 Å². The van der Waals surface area contributed by atoms with Gasteiger partial charge in [0.15, 0.2) is 0 Å². The highest BCUT2D eigenvalue weighted by Crippen LogP contribution is 2.32. The average Bonchev–Trinajstić information content (AvgIpc) is 3.04. The van der Waals surface area contributed by atoms with Crippen molar-refractivity contribution >= 4 is 0 Å². The molecule has 0 spiro atoms. The lowest BCUT2D eigenvalue weighted by Gasteiger charge is -2.10. The van der Waals surface area contributed by atoms with Gasteiger partial charge in [-0.05, 0) is 24.8 Å². The summed E-state index contributed by atoms with van der Waals surface area (Å²) in [5.41, 5.74) is 0.421. The van der Waals surface area contributed by atoms with E-state index in [1.165, 1.54) is 12.1 Å². The van der Waals surface area contributed by atoms with Crippen LogP contribution in [-0.2, 0) is 6.54 Å². The van der Waals surface area contributed by atoms with Gasteiger partial charge in [0.1, 0.15) is 11.6 Å². The van der Waals surface area contributed by atoms with Gasteiger partial charge in [0.05, 0.1) is 6.10 Å². The molecular formula is C12H15F2NO. The van der Waals surface area contributed by atoms with Gasteiger partial charge in [0.2, 0.25) is 0 Å². The third kappa shape index (κ3) is 3.00. The Balaban J connectivity index is 1.80. The van der Waals surface area contributed by atoms with Crippen LogP contribution in [0, 0.1) is 17.6 Å². The van der Waals surface area contributed by atoms with E-state index in [-0.39, 0.29) is 6.10 Å². The predicted molar refractivity (Wildman–Crippen MR) is 56.8 cm³/mol. The van der Waals surface area contributed by atoms with E-state index in [1.807, 2.05) is 0 Å². The molecule has 2 nitrogen and oxygen atoms in total. The van der Waals surface area contributed by atoms with E-state index in [2.05, 4.69) is 5.32 Å². The van der Waals surface area contributed by atoms with Gasteiger partial charge in [0.25, 0.3) is 0 Å². The summed E-state index contributed by atoms with van der Waals surface area (Å²) in [7, 11) is 0. The molecule has 2 N–H and O–H groups in total. The molecule has 4 heteroatoms. The number of halogens is 2. The molecule has 0 bridgehead atoms. The molecule has 1 aliphatic carbocycles. The lowest BCUT2D eigenvalue weighted by molar-refractivity contribution is 0.148. The maximum absolute atomic E-state index is 13.2. The highest BCUT2D eigenvalue weighted by Gasteiger charge is 2.29. The Morgan fingerprint density at radius 1 is 1.38 bits per heavy atom. The van der Waals surface area contributed by atoms with Crippen molar-refractivity contribution in [1.82, 2.24) is 5.32 Å². The molecule has 1 unspecified atom stereocenters. The zero-order valence-electron chi connectivity index (χ0n) is 8.92. The monoisotopic (exact) mass is 227 g/mol. The second-order valence-electron chi connectivity index (χ2n) is 4.27. The number of aliphatic hydroxyl groups is 1. The number of rotatable bonds is 5. The molecule has 16 heavy (non-hydrogen) atoms. The Morgan fingerprint density at radius 3 is 2.75 bits per heavy atom. The lowest BCUT2D eigenvalue weighted by Crippen LogP contribution is -2.28. The molecule has 1 aromatic rings. The summed E-state index contributed by atoms with van der Waals surface area (Å²) in [6.45, 7) is 0.775. The summed E-state index contributed by atoms with van der Waals surface area (Å²) in [6, 6.07) is 3.52. The van der Waals surface area contributed by atoms with Gasteiger partial charge in [-0.1, -0.05) is 6.07 Å². The second kappa shape index (κ2) is 4.89. The quantitative estimate of drug-likeness (QED) is 0.804. The van der Waals surface area contributed by atoms with Gasteiger partial charge >= 0.3 is 0 Å². The number of hydrogen-bond donors (Lipinski definition) is 2. The zero-order valence-corrected chi connectivity index (χ0v) is 8.92. The summed E-state index contributed by atoms with van der Waals surface area (Å²) in [5.74, 6) is -0.710. The van der Waals surface area contributed by atoms with E-state index >= 15 is 0 Å². The zero-order chi connectivity index (χ0) is 11.5. The van der Waals surface area contributed by atoms with E-state index < -0.39 is 11.6 Å². The van der Waals surface area contributed by atoms with Crippen molar-refractivity contribution in [3.05, 3.63) is 35.4 Å². The van der Waals surface area contributed by atoms with E-state index in [0.717, 1.165) is 18.9 Å². The molecule has 1 aromatic carbocycles. The summed E-state index contributed by atoms with van der Waals surface area (Å²) in [6.07, 6.45) is 1.81. The average molecular weight is 227 g/mol. The van der Waals surface area contributed by atoms with Gasteiger partial charge in [-0.25, -0.2) is 8.78 Å². The van der Waals surface area contributed by atoms with Crippen LogP contribution in [0.25, 0.3) is 0 Å². The molecule has 88 valence electrons. The molecule has 0 aliphatic heterocycles. The van der Waals surface area contributed by atoms with Gasteiger partial charge in [-0.2, -0.15) is 0 Å². The van der Waals surface area contributed by atoms with Gasteiger partial charge in [-0.3, -0.25) is 0 Å². The predicted octanol–water partition coefficient (Wildman–Crippen LogP) is 1.83. The first-order valence-corrected chi connectivity index (χ1v) is 5.49. The maximum atomic E-state index is 13.2. The first-order chi connectivity index (χ1) is 7.66. The SMILES string of the molecule is OC(CNCc1ccc(F)cc1F)C1CC1. The molecule has 0 aromatic heterocycles. The summed E-state index contributed by atoms with van der Waals surface area (Å²) in [5, 5.41) is 12.5. The minimum absolute atomic E-state index is 0.315. The molecule has 1 atom stereocenters. The van der Waals surface area contributed by atoms with Crippen LogP contribution in [0.15, 0.2) is 18.2 Å². The molecule has 2 rings (SSSR count). The van der Waals surface area contributed by atoms with E-state index in [1.54, 1.807) is 0 Å². The number of benzene rings is 1. The van der Waals surface area contributed by atoms with Gasteiger partial charge in [-0.15, -0.1) is 0 Å². The first-order valence-electron chi connectivity index (χ1n) is 5.49. The van der Waals surface area contributed by atoms with Crippen molar-refractivity contribution < 1.29 is 13.9 Å².